The average Bonchev–Trinajstić information content (AvgIpc) is 2.74. The second-order valence-electron chi connectivity index (χ2n) is 3.84. The zero-order valence-electron chi connectivity index (χ0n) is 9.96. The van der Waals surface area contributed by atoms with E-state index in [-0.39, 0.29) is 0 Å². The summed E-state index contributed by atoms with van der Waals surface area (Å²) in [7, 11) is 0. The Bertz CT molecular complexity index is 482. The topological polar surface area (TPSA) is 69.6 Å². The molecule has 2 N–H and O–H groups in total. The van der Waals surface area contributed by atoms with Crippen LogP contribution in [0.15, 0.2) is 12.7 Å². The lowest BCUT2D eigenvalue weighted by molar-refractivity contribution is 0.696. The van der Waals surface area contributed by atoms with Gasteiger partial charge in [-0.2, -0.15) is 11.8 Å². The van der Waals surface area contributed by atoms with Gasteiger partial charge in [0.05, 0.1) is 6.33 Å². The van der Waals surface area contributed by atoms with Crippen molar-refractivity contribution in [1.82, 2.24) is 19.5 Å². The second-order valence-corrected chi connectivity index (χ2v) is 5.06. The van der Waals surface area contributed by atoms with Gasteiger partial charge >= 0.3 is 0 Å². The molecule has 0 aromatic carbocycles. The summed E-state index contributed by atoms with van der Waals surface area (Å²) in [4.78, 5) is 12.4. The molecule has 0 aliphatic heterocycles. The van der Waals surface area contributed by atoms with E-state index in [0.717, 1.165) is 18.6 Å². The van der Waals surface area contributed by atoms with E-state index in [1.807, 2.05) is 16.3 Å². The first-order chi connectivity index (χ1) is 8.33. The van der Waals surface area contributed by atoms with Crippen molar-refractivity contribution in [1.29, 1.82) is 0 Å². The Kier molecular flexibility index (Phi) is 4.19. The molecule has 2 aromatic heterocycles. The number of thioether (sulfide) groups is 1. The average molecular weight is 251 g/mol. The van der Waals surface area contributed by atoms with E-state index in [0.29, 0.717) is 11.3 Å². The van der Waals surface area contributed by atoms with Crippen LogP contribution in [0.5, 0.6) is 0 Å². The maximum atomic E-state index is 5.73. The molecule has 2 rings (SSSR count). The highest BCUT2D eigenvalue weighted by Crippen LogP contribution is 2.15. The van der Waals surface area contributed by atoms with Crippen LogP contribution in [0.1, 0.15) is 19.8 Å². The molecule has 0 aliphatic rings. The van der Waals surface area contributed by atoms with Crippen molar-refractivity contribution in [3.05, 3.63) is 12.7 Å². The Balaban J connectivity index is 1.97. The first-order valence-electron chi connectivity index (χ1n) is 5.82. The van der Waals surface area contributed by atoms with Gasteiger partial charge in [-0.05, 0) is 24.3 Å². The highest BCUT2D eigenvalue weighted by atomic mass is 32.2. The minimum atomic E-state index is 0.453. The molecule has 17 heavy (non-hydrogen) atoms. The van der Waals surface area contributed by atoms with E-state index in [4.69, 9.17) is 5.73 Å². The molecular weight excluding hydrogens is 234 g/mol. The van der Waals surface area contributed by atoms with E-state index < -0.39 is 0 Å². The molecule has 2 aromatic rings. The number of anilines is 1. The van der Waals surface area contributed by atoms with Gasteiger partial charge in [0, 0.05) is 6.54 Å². The quantitative estimate of drug-likeness (QED) is 0.795. The summed E-state index contributed by atoms with van der Waals surface area (Å²) in [6, 6.07) is 0. The van der Waals surface area contributed by atoms with Crippen molar-refractivity contribution in [3.8, 4) is 0 Å². The van der Waals surface area contributed by atoms with Crippen LogP contribution in [0.2, 0.25) is 0 Å². The van der Waals surface area contributed by atoms with Crippen molar-refractivity contribution in [2.75, 3.05) is 17.2 Å². The molecule has 0 amide bonds. The number of hydrogen-bond donors (Lipinski definition) is 1. The molecule has 0 spiro atoms. The first kappa shape index (κ1) is 12.2. The Morgan fingerprint density at radius 2 is 2.18 bits per heavy atom. The van der Waals surface area contributed by atoms with Gasteiger partial charge in [0.2, 0.25) is 0 Å². The van der Waals surface area contributed by atoms with E-state index in [9.17, 15) is 0 Å². The summed E-state index contributed by atoms with van der Waals surface area (Å²) in [6.45, 7) is 3.14. The summed E-state index contributed by atoms with van der Waals surface area (Å²) in [5.74, 6) is 2.86. The van der Waals surface area contributed by atoms with Crippen LogP contribution in [0.4, 0.5) is 5.82 Å². The summed E-state index contributed by atoms with van der Waals surface area (Å²) in [5.41, 5.74) is 7.27. The monoisotopic (exact) mass is 251 g/mol. The normalized spacial score (nSPS) is 11.1. The van der Waals surface area contributed by atoms with Crippen LogP contribution < -0.4 is 5.73 Å². The molecule has 0 saturated heterocycles. The number of aromatic nitrogens is 4. The van der Waals surface area contributed by atoms with Gasteiger partial charge in [-0.15, -0.1) is 0 Å². The highest BCUT2D eigenvalue weighted by molar-refractivity contribution is 7.99. The van der Waals surface area contributed by atoms with Gasteiger partial charge in [0.1, 0.15) is 11.8 Å². The number of rotatable bonds is 6. The zero-order valence-corrected chi connectivity index (χ0v) is 10.8. The van der Waals surface area contributed by atoms with Gasteiger partial charge in [-0.3, -0.25) is 0 Å². The van der Waals surface area contributed by atoms with Crippen LogP contribution in [0.25, 0.3) is 11.2 Å². The maximum absolute atomic E-state index is 5.73. The molecular formula is C11H17N5S. The lowest BCUT2D eigenvalue weighted by Crippen LogP contribution is -2.00. The second kappa shape index (κ2) is 5.86. The smallest absolute Gasteiger partial charge is 0.165 e. The van der Waals surface area contributed by atoms with Crippen LogP contribution in [-0.4, -0.2) is 31.0 Å². The number of aryl methyl sites for hydroxylation is 1. The summed E-state index contributed by atoms with van der Waals surface area (Å²) in [5, 5.41) is 0. The maximum Gasteiger partial charge on any atom is 0.165 e. The van der Waals surface area contributed by atoms with Crippen molar-refractivity contribution in [2.45, 2.75) is 26.3 Å². The number of fused-ring (bicyclic) bond motifs is 1. The Hall–Kier alpha value is -1.30. The number of nitrogens with zero attached hydrogens (tertiary/aromatic N) is 4. The van der Waals surface area contributed by atoms with Crippen molar-refractivity contribution >= 4 is 28.7 Å². The lowest BCUT2D eigenvalue weighted by atomic mass is 10.4. The summed E-state index contributed by atoms with van der Waals surface area (Å²) in [6.07, 6.45) is 5.64. The fourth-order valence-corrected chi connectivity index (χ4v) is 2.47. The zero-order chi connectivity index (χ0) is 12.1. The number of nitrogen functional groups attached to an aromatic ring is 1. The minimum Gasteiger partial charge on any atom is -0.382 e. The van der Waals surface area contributed by atoms with E-state index in [1.54, 1.807) is 6.33 Å². The van der Waals surface area contributed by atoms with Gasteiger partial charge in [-0.1, -0.05) is 6.92 Å². The van der Waals surface area contributed by atoms with Crippen LogP contribution in [0, 0.1) is 0 Å². The summed E-state index contributed by atoms with van der Waals surface area (Å²) < 4.78 is 2.04. The Morgan fingerprint density at radius 1 is 1.29 bits per heavy atom. The van der Waals surface area contributed by atoms with Gasteiger partial charge in [-0.25, -0.2) is 15.0 Å². The molecule has 2 heterocycles. The predicted octanol–water partition coefficient (Wildman–Crippen LogP) is 1.94. The fourth-order valence-electron chi connectivity index (χ4n) is 1.65. The van der Waals surface area contributed by atoms with Gasteiger partial charge < -0.3 is 10.3 Å². The lowest BCUT2D eigenvalue weighted by Gasteiger charge is -2.03. The van der Waals surface area contributed by atoms with Crippen molar-refractivity contribution < 1.29 is 0 Å². The SMILES string of the molecule is CCCSCCCn1cnc2c(N)ncnc21. The third kappa shape index (κ3) is 2.88. The Labute approximate surface area is 105 Å². The molecule has 5 nitrogen and oxygen atoms in total. The molecule has 0 radical (unpaired) electrons. The fraction of sp³-hybridized carbons (Fsp3) is 0.545. The van der Waals surface area contributed by atoms with E-state index in [1.165, 1.54) is 24.3 Å². The van der Waals surface area contributed by atoms with E-state index >= 15 is 0 Å². The molecule has 0 aliphatic carbocycles. The number of nitrogens with two attached hydrogens (primary N) is 1. The minimum absolute atomic E-state index is 0.453. The third-order valence-electron chi connectivity index (χ3n) is 2.47. The molecule has 6 heteroatoms. The molecule has 0 unspecified atom stereocenters. The molecule has 0 saturated carbocycles. The van der Waals surface area contributed by atoms with Gasteiger partial charge in [0.15, 0.2) is 11.5 Å². The highest BCUT2D eigenvalue weighted by Gasteiger charge is 2.06. The predicted molar refractivity (Wildman–Crippen MR) is 72.0 cm³/mol. The van der Waals surface area contributed by atoms with Gasteiger partial charge in [0.25, 0.3) is 0 Å². The molecule has 0 bridgehead atoms. The van der Waals surface area contributed by atoms with E-state index in [2.05, 4.69) is 21.9 Å². The largest absolute Gasteiger partial charge is 0.382 e. The number of imidazole rings is 1. The summed E-state index contributed by atoms with van der Waals surface area (Å²) >= 11 is 1.99. The van der Waals surface area contributed by atoms with Crippen LogP contribution >= 0.6 is 11.8 Å². The first-order valence-corrected chi connectivity index (χ1v) is 6.97. The number of hydrogen-bond acceptors (Lipinski definition) is 5. The third-order valence-corrected chi connectivity index (χ3v) is 3.74. The van der Waals surface area contributed by atoms with Crippen molar-refractivity contribution in [2.24, 2.45) is 0 Å². The Morgan fingerprint density at radius 3 is 3.00 bits per heavy atom. The molecule has 92 valence electrons. The molecule has 0 atom stereocenters. The standard InChI is InChI=1S/C11H17N5S/c1-2-5-17-6-3-4-16-8-15-9-10(12)13-7-14-11(9)16/h7-8H,2-6H2,1H3,(H2,12,13,14). The van der Waals surface area contributed by atoms with Crippen LogP contribution in [-0.2, 0) is 6.54 Å². The van der Waals surface area contributed by atoms with Crippen molar-refractivity contribution in [3.63, 3.8) is 0 Å². The van der Waals surface area contributed by atoms with Crippen LogP contribution in [0.3, 0.4) is 0 Å². The molecule has 0 fully saturated rings.